The molecule has 33 heavy (non-hydrogen) atoms. The average Bonchev–Trinajstić information content (AvgIpc) is 3.27. The molecule has 1 aromatic heterocycles. The number of rotatable bonds is 11. The van der Waals surface area contributed by atoms with Crippen LogP contribution in [0.15, 0.2) is 46.9 Å². The Bertz CT molecular complexity index is 1120. The summed E-state index contributed by atoms with van der Waals surface area (Å²) in [5, 5.41) is 19.8. The van der Waals surface area contributed by atoms with E-state index in [4.69, 9.17) is 20.8 Å². The average molecular weight is 491 g/mol. The standard InChI is InChI=1S/C22H23ClN4O5S/c1-3-10-26(12-20-24-25-22(32-20)16-6-4-5-7-17(16)23)21(28)14-33-13-15-8-9-19(31-2)18(11-15)27(29)30/h4-9,11H,3,10,12-14H2,1-2H3. The normalized spacial score (nSPS) is 10.8. The van der Waals surface area contributed by atoms with Gasteiger partial charge in [-0.2, -0.15) is 0 Å². The number of halogens is 1. The van der Waals surface area contributed by atoms with Gasteiger partial charge in [-0.15, -0.1) is 22.0 Å². The zero-order chi connectivity index (χ0) is 23.8. The summed E-state index contributed by atoms with van der Waals surface area (Å²) in [6, 6.07) is 11.9. The molecular formula is C22H23ClN4O5S. The highest BCUT2D eigenvalue weighted by atomic mass is 35.5. The Morgan fingerprint density at radius 3 is 2.76 bits per heavy atom. The third kappa shape index (κ3) is 6.45. The van der Waals surface area contributed by atoms with Crippen molar-refractivity contribution < 1.29 is 18.9 Å². The van der Waals surface area contributed by atoms with Gasteiger partial charge in [-0.25, -0.2) is 0 Å². The van der Waals surface area contributed by atoms with Gasteiger partial charge in [0.2, 0.25) is 17.7 Å². The minimum absolute atomic E-state index is 0.0812. The van der Waals surface area contributed by atoms with Gasteiger partial charge in [-0.1, -0.05) is 36.7 Å². The Labute approximate surface area is 200 Å². The molecule has 0 atom stereocenters. The van der Waals surface area contributed by atoms with Gasteiger partial charge >= 0.3 is 5.69 Å². The highest BCUT2D eigenvalue weighted by molar-refractivity contribution is 7.99. The number of hydrogen-bond acceptors (Lipinski definition) is 8. The smallest absolute Gasteiger partial charge is 0.311 e. The second-order valence-electron chi connectivity index (χ2n) is 7.05. The molecule has 0 radical (unpaired) electrons. The summed E-state index contributed by atoms with van der Waals surface area (Å²) < 4.78 is 10.7. The molecule has 174 valence electrons. The summed E-state index contributed by atoms with van der Waals surface area (Å²) in [6.45, 7) is 2.71. The van der Waals surface area contributed by atoms with Crippen LogP contribution in [0.1, 0.15) is 24.8 Å². The lowest BCUT2D eigenvalue weighted by atomic mass is 10.2. The molecule has 0 saturated carbocycles. The van der Waals surface area contributed by atoms with Crippen molar-refractivity contribution in [2.75, 3.05) is 19.4 Å². The van der Waals surface area contributed by atoms with E-state index in [1.54, 1.807) is 29.2 Å². The molecular weight excluding hydrogens is 468 g/mol. The van der Waals surface area contributed by atoms with Gasteiger partial charge in [0.15, 0.2) is 5.75 Å². The van der Waals surface area contributed by atoms with Crippen LogP contribution in [-0.4, -0.2) is 45.3 Å². The molecule has 0 aliphatic heterocycles. The number of ether oxygens (including phenoxy) is 1. The van der Waals surface area contributed by atoms with Crippen LogP contribution in [0.25, 0.3) is 11.5 Å². The van der Waals surface area contributed by atoms with E-state index in [-0.39, 0.29) is 29.6 Å². The lowest BCUT2D eigenvalue weighted by molar-refractivity contribution is -0.385. The SMILES string of the molecule is CCCN(Cc1nnc(-c2ccccc2Cl)o1)C(=O)CSCc1ccc(OC)c([N+](=O)[O-])c1. The predicted molar refractivity (Wildman–Crippen MR) is 126 cm³/mol. The molecule has 0 aliphatic rings. The molecule has 2 aromatic carbocycles. The summed E-state index contributed by atoms with van der Waals surface area (Å²) in [4.78, 5) is 25.2. The topological polar surface area (TPSA) is 112 Å². The minimum Gasteiger partial charge on any atom is -0.490 e. The second kappa shape index (κ2) is 11.7. The number of nitrogens with zero attached hydrogens (tertiary/aromatic N) is 4. The van der Waals surface area contributed by atoms with Crippen LogP contribution >= 0.6 is 23.4 Å². The highest BCUT2D eigenvalue weighted by Crippen LogP contribution is 2.29. The summed E-state index contributed by atoms with van der Waals surface area (Å²) >= 11 is 7.56. The van der Waals surface area contributed by atoms with E-state index in [0.29, 0.717) is 34.7 Å². The lowest BCUT2D eigenvalue weighted by Gasteiger charge is -2.20. The van der Waals surface area contributed by atoms with Gasteiger partial charge in [0.25, 0.3) is 0 Å². The molecule has 3 rings (SSSR count). The number of benzene rings is 2. The van der Waals surface area contributed by atoms with Crippen molar-refractivity contribution >= 4 is 35.0 Å². The molecule has 0 unspecified atom stereocenters. The molecule has 0 fully saturated rings. The third-order valence-corrected chi connectivity index (χ3v) is 6.00. The molecule has 0 spiro atoms. The summed E-state index contributed by atoms with van der Waals surface area (Å²) in [7, 11) is 1.39. The monoisotopic (exact) mass is 490 g/mol. The highest BCUT2D eigenvalue weighted by Gasteiger charge is 2.19. The summed E-state index contributed by atoms with van der Waals surface area (Å²) in [6.07, 6.45) is 0.770. The van der Waals surface area contributed by atoms with Crippen molar-refractivity contribution in [3.63, 3.8) is 0 Å². The van der Waals surface area contributed by atoms with Crippen LogP contribution in [0, 0.1) is 10.1 Å². The van der Waals surface area contributed by atoms with Crippen LogP contribution in [0.3, 0.4) is 0 Å². The van der Waals surface area contributed by atoms with E-state index in [2.05, 4.69) is 10.2 Å². The molecule has 1 heterocycles. The van der Waals surface area contributed by atoms with E-state index >= 15 is 0 Å². The van der Waals surface area contributed by atoms with Crippen molar-refractivity contribution in [2.45, 2.75) is 25.6 Å². The van der Waals surface area contributed by atoms with Crippen LogP contribution in [-0.2, 0) is 17.1 Å². The van der Waals surface area contributed by atoms with Gasteiger partial charge in [0.1, 0.15) is 0 Å². The van der Waals surface area contributed by atoms with Crippen molar-refractivity contribution in [3.8, 4) is 17.2 Å². The first-order chi connectivity index (χ1) is 15.9. The second-order valence-corrected chi connectivity index (χ2v) is 8.45. The number of aromatic nitrogens is 2. The van der Waals surface area contributed by atoms with Crippen molar-refractivity contribution in [1.29, 1.82) is 0 Å². The molecule has 0 aliphatic carbocycles. The zero-order valence-corrected chi connectivity index (χ0v) is 19.8. The van der Waals surface area contributed by atoms with E-state index in [1.807, 2.05) is 19.1 Å². The van der Waals surface area contributed by atoms with Crippen LogP contribution < -0.4 is 4.74 Å². The van der Waals surface area contributed by atoms with Crippen LogP contribution in [0.2, 0.25) is 5.02 Å². The number of methoxy groups -OCH3 is 1. The van der Waals surface area contributed by atoms with E-state index in [9.17, 15) is 14.9 Å². The first kappa shape index (κ1) is 24.5. The summed E-state index contributed by atoms with van der Waals surface area (Å²) in [5.41, 5.74) is 1.28. The molecule has 9 nitrogen and oxygen atoms in total. The van der Waals surface area contributed by atoms with Gasteiger partial charge < -0.3 is 14.1 Å². The van der Waals surface area contributed by atoms with E-state index in [0.717, 1.165) is 12.0 Å². The largest absolute Gasteiger partial charge is 0.490 e. The molecule has 0 N–H and O–H groups in total. The van der Waals surface area contributed by atoms with Gasteiger partial charge in [0.05, 0.1) is 34.9 Å². The Morgan fingerprint density at radius 2 is 2.06 bits per heavy atom. The number of carbonyl (C=O) groups excluding carboxylic acids is 1. The van der Waals surface area contributed by atoms with Crippen molar-refractivity contribution in [3.05, 3.63) is 69.1 Å². The van der Waals surface area contributed by atoms with E-state index in [1.165, 1.54) is 24.9 Å². The lowest BCUT2D eigenvalue weighted by Crippen LogP contribution is -2.32. The number of carbonyl (C=O) groups is 1. The maximum absolute atomic E-state index is 12.8. The number of amides is 1. The Balaban J connectivity index is 1.60. The maximum Gasteiger partial charge on any atom is 0.311 e. The first-order valence-corrected chi connectivity index (χ1v) is 11.7. The molecule has 11 heteroatoms. The first-order valence-electron chi connectivity index (χ1n) is 10.2. The fourth-order valence-electron chi connectivity index (χ4n) is 3.10. The van der Waals surface area contributed by atoms with Crippen molar-refractivity contribution in [2.24, 2.45) is 0 Å². The minimum atomic E-state index is -0.484. The molecule has 1 amide bonds. The Kier molecular flexibility index (Phi) is 8.67. The number of nitro benzene ring substituents is 1. The molecule has 3 aromatic rings. The fraction of sp³-hybridized carbons (Fsp3) is 0.318. The molecule has 0 bridgehead atoms. The zero-order valence-electron chi connectivity index (χ0n) is 18.2. The van der Waals surface area contributed by atoms with Crippen molar-refractivity contribution in [1.82, 2.24) is 15.1 Å². The number of hydrogen-bond donors (Lipinski definition) is 0. The fourth-order valence-corrected chi connectivity index (χ4v) is 4.19. The number of nitro groups is 1. The van der Waals surface area contributed by atoms with Gasteiger partial charge in [-0.05, 0) is 30.2 Å². The Morgan fingerprint density at radius 1 is 1.27 bits per heavy atom. The van der Waals surface area contributed by atoms with Gasteiger partial charge in [-0.3, -0.25) is 14.9 Å². The predicted octanol–water partition coefficient (Wildman–Crippen LogP) is 4.98. The number of thioether (sulfide) groups is 1. The van der Waals surface area contributed by atoms with Crippen LogP contribution in [0.4, 0.5) is 5.69 Å². The summed E-state index contributed by atoms with van der Waals surface area (Å²) in [5.74, 6) is 1.41. The van der Waals surface area contributed by atoms with Gasteiger partial charge in [0, 0.05) is 18.4 Å². The van der Waals surface area contributed by atoms with E-state index < -0.39 is 4.92 Å². The van der Waals surface area contributed by atoms with Crippen LogP contribution in [0.5, 0.6) is 5.75 Å². The maximum atomic E-state index is 12.8. The Hall–Kier alpha value is -3.11. The quantitative estimate of drug-likeness (QED) is 0.273. The molecule has 0 saturated heterocycles. The third-order valence-electron chi connectivity index (χ3n) is 4.68.